The number of anilines is 3. The predicted molar refractivity (Wildman–Crippen MR) is 124 cm³/mol. The van der Waals surface area contributed by atoms with Gasteiger partial charge in [-0.3, -0.25) is 9.59 Å². The molecule has 0 atom stereocenters. The molecule has 6 nitrogen and oxygen atoms in total. The lowest BCUT2D eigenvalue weighted by molar-refractivity contribution is 0.102. The Bertz CT molecular complexity index is 1560. The number of pyridine rings is 2. The highest BCUT2D eigenvalue weighted by Gasteiger charge is 2.12. The highest BCUT2D eigenvalue weighted by Crippen LogP contribution is 2.30. The molecule has 0 spiro atoms. The topological polar surface area (TPSA) is 86.9 Å². The minimum absolute atomic E-state index is 0.339. The molecule has 0 aliphatic rings. The van der Waals surface area contributed by atoms with E-state index in [1.54, 1.807) is 36.5 Å². The molecule has 2 aromatic heterocycles. The SMILES string of the molecule is O=C(Nc1ccc(Nc2ccnc3[nH]c(=O)c4ccc(F)cc4c23)cc1)c1ccc(F)cc1. The molecule has 0 saturated heterocycles. The number of aromatic nitrogens is 2. The van der Waals surface area contributed by atoms with Crippen molar-refractivity contribution >= 4 is 44.8 Å². The number of carbonyl (C=O) groups excluding carboxylic acids is 1. The molecule has 5 aromatic rings. The maximum absolute atomic E-state index is 13.9. The average molecular weight is 442 g/mol. The van der Waals surface area contributed by atoms with Crippen LogP contribution in [0.4, 0.5) is 25.8 Å². The average Bonchev–Trinajstić information content (AvgIpc) is 2.80. The number of nitrogens with one attached hydrogen (secondary N) is 3. The minimum Gasteiger partial charge on any atom is -0.355 e. The number of fused-ring (bicyclic) bond motifs is 3. The maximum Gasteiger partial charge on any atom is 0.257 e. The van der Waals surface area contributed by atoms with Gasteiger partial charge in [-0.2, -0.15) is 0 Å². The number of nitrogens with zero attached hydrogens (tertiary/aromatic N) is 1. The lowest BCUT2D eigenvalue weighted by Crippen LogP contribution is -2.11. The van der Waals surface area contributed by atoms with Crippen LogP contribution in [0.5, 0.6) is 0 Å². The molecule has 0 fully saturated rings. The van der Waals surface area contributed by atoms with Crippen LogP contribution in [0.25, 0.3) is 21.8 Å². The number of aromatic amines is 1. The summed E-state index contributed by atoms with van der Waals surface area (Å²) in [7, 11) is 0. The van der Waals surface area contributed by atoms with E-state index in [0.717, 1.165) is 0 Å². The van der Waals surface area contributed by atoms with Crippen LogP contribution in [0.3, 0.4) is 0 Å². The highest BCUT2D eigenvalue weighted by molar-refractivity contribution is 6.11. The second-order valence-corrected chi connectivity index (χ2v) is 7.39. The summed E-state index contributed by atoms with van der Waals surface area (Å²) in [5.74, 6) is -1.22. The van der Waals surface area contributed by atoms with Gasteiger partial charge in [-0.1, -0.05) is 0 Å². The molecule has 0 bridgehead atoms. The van der Waals surface area contributed by atoms with Gasteiger partial charge >= 0.3 is 0 Å². The second kappa shape index (κ2) is 8.16. The van der Waals surface area contributed by atoms with E-state index in [-0.39, 0.29) is 11.5 Å². The number of amides is 1. The van der Waals surface area contributed by atoms with Gasteiger partial charge in [0, 0.05) is 39.3 Å². The third kappa shape index (κ3) is 4.01. The van der Waals surface area contributed by atoms with Crippen LogP contribution in [0.15, 0.2) is 83.8 Å². The van der Waals surface area contributed by atoms with Crippen molar-refractivity contribution in [1.29, 1.82) is 0 Å². The molecule has 1 amide bonds. The van der Waals surface area contributed by atoms with Crippen molar-refractivity contribution in [1.82, 2.24) is 9.97 Å². The number of hydrogen-bond acceptors (Lipinski definition) is 4. The molecule has 0 radical (unpaired) electrons. The lowest BCUT2D eigenvalue weighted by Gasteiger charge is -2.12. The molecule has 2 heterocycles. The van der Waals surface area contributed by atoms with Crippen molar-refractivity contribution in [3.8, 4) is 0 Å². The van der Waals surface area contributed by atoms with Crippen LogP contribution in [0.1, 0.15) is 10.4 Å². The smallest absolute Gasteiger partial charge is 0.257 e. The molecular weight excluding hydrogens is 426 g/mol. The van der Waals surface area contributed by atoms with E-state index < -0.39 is 11.6 Å². The molecule has 0 aliphatic heterocycles. The van der Waals surface area contributed by atoms with Crippen LogP contribution in [0, 0.1) is 11.6 Å². The maximum atomic E-state index is 13.9. The Hall–Kier alpha value is -4.59. The van der Waals surface area contributed by atoms with Gasteiger partial charge in [-0.15, -0.1) is 0 Å². The van der Waals surface area contributed by atoms with Crippen molar-refractivity contribution in [2.45, 2.75) is 0 Å². The van der Waals surface area contributed by atoms with Crippen molar-refractivity contribution < 1.29 is 13.6 Å². The molecule has 0 saturated carbocycles. The van der Waals surface area contributed by atoms with E-state index in [1.165, 1.54) is 42.5 Å². The van der Waals surface area contributed by atoms with Crippen LogP contribution in [-0.4, -0.2) is 15.9 Å². The van der Waals surface area contributed by atoms with Gasteiger partial charge in [0.15, 0.2) is 0 Å². The summed E-state index contributed by atoms with van der Waals surface area (Å²) in [6.45, 7) is 0. The molecule has 0 unspecified atom stereocenters. The first-order valence-electron chi connectivity index (χ1n) is 10.0. The van der Waals surface area contributed by atoms with E-state index in [0.29, 0.717) is 44.4 Å². The monoisotopic (exact) mass is 442 g/mol. The van der Waals surface area contributed by atoms with E-state index in [4.69, 9.17) is 0 Å². The fourth-order valence-electron chi connectivity index (χ4n) is 3.63. The zero-order valence-electron chi connectivity index (χ0n) is 17.0. The third-order valence-electron chi connectivity index (χ3n) is 5.21. The Morgan fingerprint density at radius 1 is 0.818 bits per heavy atom. The molecule has 8 heteroatoms. The summed E-state index contributed by atoms with van der Waals surface area (Å²) in [5.41, 5.74) is 2.24. The van der Waals surface area contributed by atoms with Gasteiger partial charge in [0.2, 0.25) is 0 Å². The Morgan fingerprint density at radius 3 is 2.27 bits per heavy atom. The van der Waals surface area contributed by atoms with Gasteiger partial charge in [0.25, 0.3) is 11.5 Å². The van der Waals surface area contributed by atoms with Gasteiger partial charge in [-0.05, 0) is 72.8 Å². The fourth-order valence-corrected chi connectivity index (χ4v) is 3.63. The quantitative estimate of drug-likeness (QED) is 0.328. The van der Waals surface area contributed by atoms with E-state index >= 15 is 0 Å². The number of hydrogen-bond donors (Lipinski definition) is 3. The number of H-pyrrole nitrogens is 1. The largest absolute Gasteiger partial charge is 0.355 e. The van der Waals surface area contributed by atoms with E-state index in [2.05, 4.69) is 20.6 Å². The lowest BCUT2D eigenvalue weighted by atomic mass is 10.1. The second-order valence-electron chi connectivity index (χ2n) is 7.39. The van der Waals surface area contributed by atoms with Gasteiger partial charge in [0.1, 0.15) is 17.3 Å². The number of carbonyl (C=O) groups is 1. The molecule has 33 heavy (non-hydrogen) atoms. The van der Waals surface area contributed by atoms with Gasteiger partial charge in [0.05, 0.1) is 5.69 Å². The van der Waals surface area contributed by atoms with Gasteiger partial charge < -0.3 is 15.6 Å². The standard InChI is InChI=1S/C25H16F2N4O2/c26-15-3-1-14(2-4-15)24(32)30-18-8-6-17(7-9-18)29-21-11-12-28-23-22(21)20-13-16(27)5-10-19(20)25(33)31-23/h1-13H,(H,30,32)(H2,28,29,31,33). The molecular formula is C25H16F2N4O2. The summed E-state index contributed by atoms with van der Waals surface area (Å²) in [6, 6.07) is 18.0. The van der Waals surface area contributed by atoms with Crippen molar-refractivity contribution in [3.63, 3.8) is 0 Å². The summed E-state index contributed by atoms with van der Waals surface area (Å²) in [6.07, 6.45) is 1.54. The normalized spacial score (nSPS) is 11.0. The molecule has 3 N–H and O–H groups in total. The highest BCUT2D eigenvalue weighted by atomic mass is 19.1. The third-order valence-corrected chi connectivity index (χ3v) is 5.21. The summed E-state index contributed by atoms with van der Waals surface area (Å²) >= 11 is 0. The molecule has 0 aliphatic carbocycles. The van der Waals surface area contributed by atoms with Crippen LogP contribution >= 0.6 is 0 Å². The van der Waals surface area contributed by atoms with E-state index in [9.17, 15) is 18.4 Å². The molecule has 162 valence electrons. The summed E-state index contributed by atoms with van der Waals surface area (Å²) in [4.78, 5) is 31.6. The molecule has 5 rings (SSSR count). The summed E-state index contributed by atoms with van der Waals surface area (Å²) in [5, 5.41) is 7.41. The summed E-state index contributed by atoms with van der Waals surface area (Å²) < 4.78 is 27.0. The van der Waals surface area contributed by atoms with E-state index in [1.807, 2.05) is 0 Å². The Labute approximate surface area is 185 Å². The number of rotatable bonds is 4. The Kier molecular flexibility index (Phi) is 5.02. The predicted octanol–water partition coefficient (Wildman–Crippen LogP) is 5.35. The van der Waals surface area contributed by atoms with Crippen LogP contribution < -0.4 is 16.2 Å². The first-order valence-corrected chi connectivity index (χ1v) is 10.0. The first-order chi connectivity index (χ1) is 16.0. The van der Waals surface area contributed by atoms with Crippen LogP contribution in [-0.2, 0) is 0 Å². The van der Waals surface area contributed by atoms with Crippen molar-refractivity contribution in [2.24, 2.45) is 0 Å². The number of halogens is 2. The number of benzene rings is 3. The Balaban J connectivity index is 1.44. The van der Waals surface area contributed by atoms with Crippen molar-refractivity contribution in [3.05, 3.63) is 107 Å². The molecule has 3 aromatic carbocycles. The zero-order chi connectivity index (χ0) is 22.9. The first kappa shape index (κ1) is 20.3. The van der Waals surface area contributed by atoms with Crippen LogP contribution in [0.2, 0.25) is 0 Å². The Morgan fingerprint density at radius 2 is 1.52 bits per heavy atom. The van der Waals surface area contributed by atoms with Gasteiger partial charge in [-0.25, -0.2) is 13.8 Å². The zero-order valence-corrected chi connectivity index (χ0v) is 17.0. The minimum atomic E-state index is -0.453. The van der Waals surface area contributed by atoms with Crippen molar-refractivity contribution in [2.75, 3.05) is 10.6 Å². The fraction of sp³-hybridized carbons (Fsp3) is 0.